The molecule has 2 rings (SSSR count). The van der Waals surface area contributed by atoms with Crippen LogP contribution >= 0.6 is 27.5 Å². The van der Waals surface area contributed by atoms with Gasteiger partial charge in [0, 0.05) is 10.7 Å². The molecule has 0 atom stereocenters. The fourth-order valence-corrected chi connectivity index (χ4v) is 1.67. The van der Waals surface area contributed by atoms with E-state index in [1.165, 1.54) is 12.3 Å². The molecule has 2 N–H and O–H groups in total. The van der Waals surface area contributed by atoms with Gasteiger partial charge < -0.3 is 5.73 Å². The van der Waals surface area contributed by atoms with E-state index in [4.69, 9.17) is 17.3 Å². The molecule has 0 bridgehead atoms. The van der Waals surface area contributed by atoms with Crippen LogP contribution in [-0.4, -0.2) is 9.97 Å². The number of benzene rings is 1. The van der Waals surface area contributed by atoms with Gasteiger partial charge in [-0.15, -0.1) is 0 Å². The summed E-state index contributed by atoms with van der Waals surface area (Å²) in [5, 5.41) is 0.00326. The second kappa shape index (κ2) is 4.35. The Labute approximate surface area is 105 Å². The van der Waals surface area contributed by atoms with Crippen LogP contribution in [0.3, 0.4) is 0 Å². The highest BCUT2D eigenvalue weighted by Gasteiger charge is 2.13. The number of hydrogen-bond acceptors (Lipinski definition) is 3. The molecular weight excluding hydrogens is 296 g/mol. The first-order valence-electron chi connectivity index (χ1n) is 4.32. The molecule has 6 heteroatoms. The van der Waals surface area contributed by atoms with Crippen molar-refractivity contribution in [3.05, 3.63) is 39.7 Å². The number of anilines is 1. The monoisotopic (exact) mass is 301 g/mol. The van der Waals surface area contributed by atoms with E-state index in [1.54, 1.807) is 12.1 Å². The maximum atomic E-state index is 13.8. The molecule has 1 aromatic carbocycles. The lowest BCUT2D eigenvalue weighted by molar-refractivity contribution is 0.629. The third kappa shape index (κ3) is 2.01. The zero-order chi connectivity index (χ0) is 11.7. The van der Waals surface area contributed by atoms with Crippen LogP contribution in [0.15, 0.2) is 28.9 Å². The minimum atomic E-state index is -0.568. The van der Waals surface area contributed by atoms with Crippen molar-refractivity contribution >= 4 is 33.3 Å². The fourth-order valence-electron chi connectivity index (χ4n) is 1.20. The Bertz CT molecular complexity index is 548. The summed E-state index contributed by atoms with van der Waals surface area (Å²) < 4.78 is 14.3. The van der Waals surface area contributed by atoms with Gasteiger partial charge >= 0.3 is 0 Å². The highest BCUT2D eigenvalue weighted by atomic mass is 79.9. The Morgan fingerprint density at radius 3 is 2.75 bits per heavy atom. The van der Waals surface area contributed by atoms with E-state index < -0.39 is 5.82 Å². The van der Waals surface area contributed by atoms with Gasteiger partial charge in [-0.2, -0.15) is 0 Å². The Kier molecular flexibility index (Phi) is 3.07. The maximum absolute atomic E-state index is 13.8. The van der Waals surface area contributed by atoms with Crippen molar-refractivity contribution in [1.29, 1.82) is 0 Å². The predicted molar refractivity (Wildman–Crippen MR) is 64.5 cm³/mol. The van der Waals surface area contributed by atoms with Gasteiger partial charge in [-0.05, 0) is 34.1 Å². The first-order valence-corrected chi connectivity index (χ1v) is 5.49. The number of nitrogen functional groups attached to an aromatic ring is 1. The van der Waals surface area contributed by atoms with Gasteiger partial charge in [0.05, 0.1) is 10.6 Å². The van der Waals surface area contributed by atoms with Crippen molar-refractivity contribution < 1.29 is 4.39 Å². The number of nitrogens with zero attached hydrogens (tertiary/aromatic N) is 2. The zero-order valence-electron chi connectivity index (χ0n) is 7.92. The molecule has 0 aliphatic rings. The van der Waals surface area contributed by atoms with Gasteiger partial charge in [0.2, 0.25) is 0 Å². The first-order chi connectivity index (χ1) is 7.59. The molecule has 3 nitrogen and oxygen atoms in total. The van der Waals surface area contributed by atoms with Gasteiger partial charge in [-0.3, -0.25) is 0 Å². The summed E-state index contributed by atoms with van der Waals surface area (Å²) in [5.41, 5.74) is 5.72. The molecule has 82 valence electrons. The molecular formula is C10H6BrClFN3. The molecule has 0 aliphatic heterocycles. The molecule has 1 aromatic heterocycles. The highest BCUT2D eigenvalue weighted by molar-refractivity contribution is 9.10. The summed E-state index contributed by atoms with van der Waals surface area (Å²) in [6, 6.07) is 4.70. The number of aromatic nitrogens is 2. The van der Waals surface area contributed by atoms with E-state index in [-0.39, 0.29) is 22.2 Å². The van der Waals surface area contributed by atoms with Crippen LogP contribution in [0.2, 0.25) is 5.02 Å². The van der Waals surface area contributed by atoms with Crippen LogP contribution in [0.25, 0.3) is 11.4 Å². The van der Waals surface area contributed by atoms with Gasteiger partial charge in [-0.1, -0.05) is 11.6 Å². The minimum absolute atomic E-state index is 0.00326. The average molecular weight is 303 g/mol. The molecule has 0 spiro atoms. The van der Waals surface area contributed by atoms with Crippen molar-refractivity contribution in [2.45, 2.75) is 0 Å². The summed E-state index contributed by atoms with van der Waals surface area (Å²) in [5.74, 6) is -0.0722. The standard InChI is InChI=1S/C10H6BrClFN3/c11-6-2-1-5(9(13)8(6)12)10-15-4-3-7(14)16-10/h1-4H,(H2,14,15,16). The van der Waals surface area contributed by atoms with E-state index in [0.29, 0.717) is 4.47 Å². The van der Waals surface area contributed by atoms with Crippen LogP contribution < -0.4 is 5.73 Å². The second-order valence-electron chi connectivity index (χ2n) is 3.03. The van der Waals surface area contributed by atoms with Crippen molar-refractivity contribution in [1.82, 2.24) is 9.97 Å². The van der Waals surface area contributed by atoms with Gasteiger partial charge in [0.25, 0.3) is 0 Å². The molecule has 0 saturated carbocycles. The van der Waals surface area contributed by atoms with Crippen molar-refractivity contribution in [2.24, 2.45) is 0 Å². The SMILES string of the molecule is Nc1ccnc(-c2ccc(Br)c(Cl)c2F)n1. The van der Waals surface area contributed by atoms with E-state index in [9.17, 15) is 4.39 Å². The smallest absolute Gasteiger partial charge is 0.164 e. The molecule has 0 saturated heterocycles. The molecule has 0 amide bonds. The Balaban J connectivity index is 2.61. The van der Waals surface area contributed by atoms with Gasteiger partial charge in [-0.25, -0.2) is 14.4 Å². The lowest BCUT2D eigenvalue weighted by atomic mass is 10.2. The molecule has 0 aliphatic carbocycles. The molecule has 1 heterocycles. The van der Waals surface area contributed by atoms with Crippen molar-refractivity contribution in [3.8, 4) is 11.4 Å². The summed E-state index contributed by atoms with van der Waals surface area (Å²) in [4.78, 5) is 7.86. The zero-order valence-corrected chi connectivity index (χ0v) is 10.3. The number of nitrogens with two attached hydrogens (primary N) is 1. The predicted octanol–water partition coefficient (Wildman–Crippen LogP) is 3.28. The lowest BCUT2D eigenvalue weighted by Gasteiger charge is -2.05. The second-order valence-corrected chi connectivity index (χ2v) is 4.26. The lowest BCUT2D eigenvalue weighted by Crippen LogP contribution is -1.96. The van der Waals surface area contributed by atoms with E-state index in [0.717, 1.165) is 0 Å². The Hall–Kier alpha value is -1.20. The van der Waals surface area contributed by atoms with Crippen LogP contribution in [0, 0.1) is 5.82 Å². The minimum Gasteiger partial charge on any atom is -0.384 e. The summed E-state index contributed by atoms with van der Waals surface area (Å²) in [6.45, 7) is 0. The van der Waals surface area contributed by atoms with E-state index >= 15 is 0 Å². The number of halogens is 3. The molecule has 0 fully saturated rings. The molecule has 16 heavy (non-hydrogen) atoms. The Morgan fingerprint density at radius 1 is 1.31 bits per heavy atom. The van der Waals surface area contributed by atoms with Crippen molar-refractivity contribution in [2.75, 3.05) is 5.73 Å². The quantitative estimate of drug-likeness (QED) is 0.823. The largest absolute Gasteiger partial charge is 0.384 e. The van der Waals surface area contributed by atoms with Crippen molar-refractivity contribution in [3.63, 3.8) is 0 Å². The maximum Gasteiger partial charge on any atom is 0.164 e. The molecule has 2 aromatic rings. The number of hydrogen-bond donors (Lipinski definition) is 1. The topological polar surface area (TPSA) is 51.8 Å². The highest BCUT2D eigenvalue weighted by Crippen LogP contribution is 2.31. The van der Waals surface area contributed by atoms with Gasteiger partial charge in [0.15, 0.2) is 11.6 Å². The Morgan fingerprint density at radius 2 is 2.06 bits per heavy atom. The van der Waals surface area contributed by atoms with Crippen LogP contribution in [0.5, 0.6) is 0 Å². The first kappa shape index (κ1) is 11.3. The number of rotatable bonds is 1. The summed E-state index contributed by atoms with van der Waals surface area (Å²) in [7, 11) is 0. The van der Waals surface area contributed by atoms with E-state index in [2.05, 4.69) is 25.9 Å². The third-order valence-corrected chi connectivity index (χ3v) is 3.21. The fraction of sp³-hybridized carbons (Fsp3) is 0. The van der Waals surface area contributed by atoms with E-state index in [1.807, 2.05) is 0 Å². The summed E-state index contributed by atoms with van der Waals surface area (Å²) in [6.07, 6.45) is 1.47. The average Bonchev–Trinajstić information content (AvgIpc) is 2.26. The van der Waals surface area contributed by atoms with Crippen LogP contribution in [-0.2, 0) is 0 Å². The normalized spacial score (nSPS) is 10.4. The molecule has 0 unspecified atom stereocenters. The third-order valence-electron chi connectivity index (χ3n) is 1.95. The van der Waals surface area contributed by atoms with Crippen LogP contribution in [0.1, 0.15) is 0 Å². The van der Waals surface area contributed by atoms with Gasteiger partial charge in [0.1, 0.15) is 5.82 Å². The van der Waals surface area contributed by atoms with Crippen LogP contribution in [0.4, 0.5) is 10.2 Å². The molecule has 0 radical (unpaired) electrons. The summed E-state index contributed by atoms with van der Waals surface area (Å²) >= 11 is 8.89.